The first-order valence-corrected chi connectivity index (χ1v) is 4.72. The second-order valence-electron chi connectivity index (χ2n) is 2.07. The largest absolute Gasteiger partial charge is 0.503 e. The third-order valence-electron chi connectivity index (χ3n) is 1.04. The Hall–Kier alpha value is -1.60. The molecule has 0 saturated heterocycles. The first-order chi connectivity index (χ1) is 6.34. The van der Waals surface area contributed by atoms with Crippen LogP contribution < -0.4 is 0 Å². The Balaban J connectivity index is 0.000000364. The van der Waals surface area contributed by atoms with Gasteiger partial charge in [0.2, 0.25) is 0 Å². The Kier molecular flexibility index (Phi) is 4.60. The quantitative estimate of drug-likeness (QED) is 0.612. The summed E-state index contributed by atoms with van der Waals surface area (Å²) >= 11 is 0. The van der Waals surface area contributed by atoms with E-state index < -0.39 is 16.3 Å². The second kappa shape index (κ2) is 5.20. The van der Waals surface area contributed by atoms with Gasteiger partial charge in [0.05, 0.1) is 4.90 Å². The molecule has 14 heavy (non-hydrogen) atoms. The van der Waals surface area contributed by atoms with E-state index in [1.165, 1.54) is 12.1 Å². The zero-order valence-electron chi connectivity index (χ0n) is 6.86. The molecular weight excluding hydrogens is 212 g/mol. The summed E-state index contributed by atoms with van der Waals surface area (Å²) in [5, 5.41) is 13.9. The lowest BCUT2D eigenvalue weighted by Crippen LogP contribution is -1.96. The summed E-state index contributed by atoms with van der Waals surface area (Å²) in [7, 11) is -4.00. The fourth-order valence-corrected chi connectivity index (χ4v) is 1.09. The highest BCUT2D eigenvalue weighted by atomic mass is 32.2. The Morgan fingerprint density at radius 2 is 1.43 bits per heavy atom. The molecule has 7 heteroatoms. The minimum absolute atomic E-state index is 0.0741. The van der Waals surface area contributed by atoms with Crippen LogP contribution in [-0.2, 0) is 10.1 Å². The van der Waals surface area contributed by atoms with E-state index in [0.29, 0.717) is 0 Å². The summed E-state index contributed by atoms with van der Waals surface area (Å²) in [6, 6.07) is 7.42. The summed E-state index contributed by atoms with van der Waals surface area (Å²) in [5.41, 5.74) is 0. The molecule has 0 unspecified atom stereocenters. The highest BCUT2D eigenvalue weighted by Crippen LogP contribution is 2.05. The molecule has 0 aromatic heterocycles. The van der Waals surface area contributed by atoms with Crippen molar-refractivity contribution >= 4 is 16.3 Å². The number of hydrogen-bond acceptors (Lipinski definition) is 3. The molecule has 0 saturated carbocycles. The van der Waals surface area contributed by atoms with Crippen molar-refractivity contribution in [3.05, 3.63) is 30.3 Å². The van der Waals surface area contributed by atoms with Gasteiger partial charge in [-0.25, -0.2) is 4.79 Å². The van der Waals surface area contributed by atoms with E-state index in [0.717, 1.165) is 0 Å². The van der Waals surface area contributed by atoms with Gasteiger partial charge in [-0.1, -0.05) is 18.2 Å². The van der Waals surface area contributed by atoms with Crippen LogP contribution in [0.5, 0.6) is 0 Å². The fourth-order valence-electron chi connectivity index (χ4n) is 0.592. The molecule has 0 aliphatic rings. The van der Waals surface area contributed by atoms with E-state index >= 15 is 0 Å². The number of rotatable bonds is 1. The standard InChI is InChI=1S/C6H6O3S.CH2O3/c7-10(8,9)6-4-2-1-3-5-6;2-1(3)4/h1-5H,(H,7,8,9);(H2,2,3,4). The highest BCUT2D eigenvalue weighted by molar-refractivity contribution is 7.85. The van der Waals surface area contributed by atoms with Gasteiger partial charge in [0.25, 0.3) is 10.1 Å². The average Bonchev–Trinajstić information content (AvgIpc) is 2.03. The number of carbonyl (C=O) groups is 1. The minimum atomic E-state index is -4.00. The van der Waals surface area contributed by atoms with E-state index in [9.17, 15) is 8.42 Å². The van der Waals surface area contributed by atoms with Crippen molar-refractivity contribution in [2.24, 2.45) is 0 Å². The van der Waals surface area contributed by atoms with E-state index in [2.05, 4.69) is 0 Å². The lowest BCUT2D eigenvalue weighted by atomic mass is 10.4. The zero-order chi connectivity index (χ0) is 11.2. The molecule has 0 fully saturated rings. The van der Waals surface area contributed by atoms with E-state index in [-0.39, 0.29) is 4.90 Å². The smallest absolute Gasteiger partial charge is 0.450 e. The Labute approximate surface area is 80.2 Å². The van der Waals surface area contributed by atoms with Gasteiger partial charge in [-0.05, 0) is 12.1 Å². The topological polar surface area (TPSA) is 112 Å². The van der Waals surface area contributed by atoms with Gasteiger partial charge in [-0.15, -0.1) is 0 Å². The van der Waals surface area contributed by atoms with Gasteiger partial charge in [0, 0.05) is 0 Å². The molecule has 0 heterocycles. The van der Waals surface area contributed by atoms with Crippen molar-refractivity contribution in [3.63, 3.8) is 0 Å². The average molecular weight is 220 g/mol. The van der Waals surface area contributed by atoms with Crippen LogP contribution in [0.1, 0.15) is 0 Å². The van der Waals surface area contributed by atoms with Gasteiger partial charge in [0.1, 0.15) is 0 Å². The van der Waals surface area contributed by atoms with Crippen LogP contribution in [0.25, 0.3) is 0 Å². The number of carboxylic acid groups (broad SMARTS) is 2. The third-order valence-corrected chi connectivity index (χ3v) is 1.91. The Bertz CT molecular complexity index is 378. The predicted octanol–water partition coefficient (Wildman–Crippen LogP) is 1.16. The molecule has 1 rings (SSSR count). The van der Waals surface area contributed by atoms with Gasteiger partial charge < -0.3 is 10.2 Å². The normalized spacial score (nSPS) is 9.79. The predicted molar refractivity (Wildman–Crippen MR) is 46.9 cm³/mol. The second-order valence-corrected chi connectivity index (χ2v) is 3.49. The van der Waals surface area contributed by atoms with Gasteiger partial charge >= 0.3 is 6.16 Å². The van der Waals surface area contributed by atoms with Crippen molar-refractivity contribution in [3.8, 4) is 0 Å². The van der Waals surface area contributed by atoms with Crippen LogP contribution in [0.2, 0.25) is 0 Å². The molecule has 3 N–H and O–H groups in total. The van der Waals surface area contributed by atoms with E-state index in [4.69, 9.17) is 19.6 Å². The molecule has 0 amide bonds. The minimum Gasteiger partial charge on any atom is -0.450 e. The van der Waals surface area contributed by atoms with Crippen molar-refractivity contribution < 1.29 is 28.0 Å². The summed E-state index contributed by atoms with van der Waals surface area (Å²) in [5.74, 6) is 0. The van der Waals surface area contributed by atoms with Crippen LogP contribution >= 0.6 is 0 Å². The van der Waals surface area contributed by atoms with Crippen LogP contribution in [0.4, 0.5) is 4.79 Å². The number of benzene rings is 1. The first-order valence-electron chi connectivity index (χ1n) is 3.28. The molecule has 1 aromatic rings. The Morgan fingerprint density at radius 1 is 1.07 bits per heavy atom. The van der Waals surface area contributed by atoms with E-state index in [1.807, 2.05) is 0 Å². The van der Waals surface area contributed by atoms with Crippen molar-refractivity contribution in [1.29, 1.82) is 0 Å². The monoisotopic (exact) mass is 220 g/mol. The van der Waals surface area contributed by atoms with Crippen LogP contribution in [-0.4, -0.2) is 29.3 Å². The summed E-state index contributed by atoms with van der Waals surface area (Å²) in [6.07, 6.45) is -1.83. The van der Waals surface area contributed by atoms with Crippen LogP contribution in [0.3, 0.4) is 0 Å². The molecule has 0 aliphatic carbocycles. The summed E-state index contributed by atoms with van der Waals surface area (Å²) in [6.45, 7) is 0. The molecule has 6 nitrogen and oxygen atoms in total. The molecule has 0 radical (unpaired) electrons. The Morgan fingerprint density at radius 3 is 1.64 bits per heavy atom. The first kappa shape index (κ1) is 12.4. The molecule has 0 atom stereocenters. The molecule has 78 valence electrons. The lowest BCUT2D eigenvalue weighted by molar-refractivity contribution is 0.137. The summed E-state index contributed by atoms with van der Waals surface area (Å²) in [4.78, 5) is 8.48. The van der Waals surface area contributed by atoms with Crippen LogP contribution in [0.15, 0.2) is 35.2 Å². The zero-order valence-corrected chi connectivity index (χ0v) is 7.68. The van der Waals surface area contributed by atoms with Gasteiger partial charge in [-0.2, -0.15) is 8.42 Å². The van der Waals surface area contributed by atoms with Crippen molar-refractivity contribution in [2.45, 2.75) is 4.90 Å². The van der Waals surface area contributed by atoms with Crippen molar-refractivity contribution in [2.75, 3.05) is 0 Å². The van der Waals surface area contributed by atoms with Crippen LogP contribution in [0, 0.1) is 0 Å². The summed E-state index contributed by atoms with van der Waals surface area (Å²) < 4.78 is 29.2. The van der Waals surface area contributed by atoms with Crippen molar-refractivity contribution in [1.82, 2.24) is 0 Å². The van der Waals surface area contributed by atoms with Gasteiger partial charge in [-0.3, -0.25) is 4.55 Å². The fraction of sp³-hybridized carbons (Fsp3) is 0. The number of hydrogen-bond donors (Lipinski definition) is 3. The highest BCUT2D eigenvalue weighted by Gasteiger charge is 2.05. The van der Waals surface area contributed by atoms with Gasteiger partial charge in [0.15, 0.2) is 0 Å². The van der Waals surface area contributed by atoms with E-state index in [1.54, 1.807) is 18.2 Å². The molecular formula is C7H8O6S. The maximum Gasteiger partial charge on any atom is 0.503 e. The third kappa shape index (κ3) is 5.98. The lowest BCUT2D eigenvalue weighted by Gasteiger charge is -1.92. The molecule has 1 aromatic carbocycles. The maximum absolute atomic E-state index is 10.4. The SMILES string of the molecule is O=C(O)O.O=S(=O)(O)c1ccccc1. The maximum atomic E-state index is 10.4. The molecule has 0 bridgehead atoms. The molecule has 0 spiro atoms. The molecule has 0 aliphatic heterocycles.